The number of hydrogen-bond donors (Lipinski definition) is 1. The summed E-state index contributed by atoms with van der Waals surface area (Å²) in [6.07, 6.45) is 6.89. The van der Waals surface area contributed by atoms with Crippen molar-refractivity contribution < 1.29 is 4.79 Å². The fraction of sp³-hybridized carbons (Fsp3) is 0.636. The smallest absolute Gasteiger partial charge is 0.327 e. The van der Waals surface area contributed by atoms with Crippen molar-refractivity contribution in [2.75, 3.05) is 0 Å². The van der Waals surface area contributed by atoms with Crippen LogP contribution in [0.25, 0.3) is 0 Å². The lowest BCUT2D eigenvalue weighted by Crippen LogP contribution is -2.35. The predicted octanol–water partition coefficient (Wildman–Crippen LogP) is 2.27. The van der Waals surface area contributed by atoms with Gasteiger partial charge in [-0.25, -0.2) is 9.78 Å². The summed E-state index contributed by atoms with van der Waals surface area (Å²) in [7, 11) is 0. The molecule has 0 aliphatic heterocycles. The van der Waals surface area contributed by atoms with E-state index in [1.54, 1.807) is 12.4 Å². The van der Waals surface area contributed by atoms with E-state index in [9.17, 15) is 4.79 Å². The fourth-order valence-electron chi connectivity index (χ4n) is 1.32. The third-order valence-corrected chi connectivity index (χ3v) is 2.29. The van der Waals surface area contributed by atoms with Gasteiger partial charge in [-0.2, -0.15) is 0 Å². The van der Waals surface area contributed by atoms with Crippen molar-refractivity contribution in [3.63, 3.8) is 0 Å². The molecule has 1 rings (SSSR count). The van der Waals surface area contributed by atoms with Crippen LogP contribution in [0.3, 0.4) is 0 Å². The molecule has 0 radical (unpaired) electrons. The minimum atomic E-state index is -0.108. The van der Waals surface area contributed by atoms with Gasteiger partial charge in [0.15, 0.2) is 0 Å². The molecule has 1 N–H and O–H groups in total. The van der Waals surface area contributed by atoms with Gasteiger partial charge in [-0.3, -0.25) is 4.57 Å². The Morgan fingerprint density at radius 2 is 2.13 bits per heavy atom. The van der Waals surface area contributed by atoms with E-state index in [0.717, 1.165) is 12.8 Å². The molecule has 1 heterocycles. The molecule has 1 atom stereocenters. The summed E-state index contributed by atoms with van der Waals surface area (Å²) in [6, 6.07) is 0.103. The van der Waals surface area contributed by atoms with E-state index < -0.39 is 0 Å². The van der Waals surface area contributed by atoms with Crippen LogP contribution in [0.1, 0.15) is 33.6 Å². The average Bonchev–Trinajstić information content (AvgIpc) is 2.67. The highest BCUT2D eigenvalue weighted by Crippen LogP contribution is 2.06. The molecule has 0 spiro atoms. The van der Waals surface area contributed by atoms with Gasteiger partial charge in [-0.1, -0.05) is 13.8 Å². The van der Waals surface area contributed by atoms with Crippen molar-refractivity contribution in [1.29, 1.82) is 0 Å². The van der Waals surface area contributed by atoms with Gasteiger partial charge in [-0.15, -0.1) is 0 Å². The molecule has 0 fully saturated rings. The maximum Gasteiger partial charge on any atom is 0.327 e. The van der Waals surface area contributed by atoms with Crippen molar-refractivity contribution in [1.82, 2.24) is 14.9 Å². The first kappa shape index (κ1) is 11.8. The number of carbonyl (C=O) groups excluding carboxylic acids is 1. The summed E-state index contributed by atoms with van der Waals surface area (Å²) in [5.41, 5.74) is 0. The number of hydrogen-bond acceptors (Lipinski definition) is 2. The fourth-order valence-corrected chi connectivity index (χ4v) is 1.32. The van der Waals surface area contributed by atoms with E-state index in [2.05, 4.69) is 24.1 Å². The molecule has 1 aromatic heterocycles. The normalized spacial score (nSPS) is 12.8. The third-order valence-electron chi connectivity index (χ3n) is 2.29. The molecular weight excluding hydrogens is 190 g/mol. The molecule has 15 heavy (non-hydrogen) atoms. The minimum absolute atomic E-state index is 0.108. The maximum absolute atomic E-state index is 11.6. The standard InChI is InChI=1S/C11H19N3O/c1-9(2)4-5-10(3)13-11(15)14-7-6-12-8-14/h6-10H,4-5H2,1-3H3,(H,13,15). The molecule has 0 aliphatic carbocycles. The Morgan fingerprint density at radius 1 is 1.40 bits per heavy atom. The molecule has 1 unspecified atom stereocenters. The third kappa shape index (κ3) is 4.14. The summed E-state index contributed by atoms with van der Waals surface area (Å²) in [5.74, 6) is 0.678. The molecule has 0 saturated heterocycles. The molecular formula is C11H19N3O. The Bertz CT molecular complexity index is 293. The van der Waals surface area contributed by atoms with Gasteiger partial charge in [0.1, 0.15) is 6.33 Å². The second kappa shape index (κ2) is 5.53. The molecule has 1 aromatic rings. The van der Waals surface area contributed by atoms with Crippen molar-refractivity contribution in [2.24, 2.45) is 5.92 Å². The first-order valence-corrected chi connectivity index (χ1v) is 5.38. The Balaban J connectivity index is 2.32. The van der Waals surface area contributed by atoms with Crippen LogP contribution in [-0.4, -0.2) is 21.6 Å². The first-order valence-electron chi connectivity index (χ1n) is 5.38. The highest BCUT2D eigenvalue weighted by Gasteiger charge is 2.08. The zero-order chi connectivity index (χ0) is 11.3. The van der Waals surface area contributed by atoms with E-state index in [1.807, 2.05) is 6.92 Å². The van der Waals surface area contributed by atoms with Crippen LogP contribution in [0.15, 0.2) is 18.7 Å². The van der Waals surface area contributed by atoms with Crippen molar-refractivity contribution >= 4 is 6.03 Å². The molecule has 4 nitrogen and oxygen atoms in total. The van der Waals surface area contributed by atoms with E-state index in [-0.39, 0.29) is 12.1 Å². The van der Waals surface area contributed by atoms with Gasteiger partial charge < -0.3 is 5.32 Å². The summed E-state index contributed by atoms with van der Waals surface area (Å²) in [6.45, 7) is 6.39. The number of rotatable bonds is 4. The molecule has 0 bridgehead atoms. The summed E-state index contributed by atoms with van der Waals surface area (Å²) in [5, 5.41) is 2.92. The van der Waals surface area contributed by atoms with Gasteiger partial charge in [0.2, 0.25) is 0 Å². The van der Waals surface area contributed by atoms with Gasteiger partial charge in [0.25, 0.3) is 0 Å². The Hall–Kier alpha value is -1.32. The molecule has 4 heteroatoms. The molecule has 0 aromatic carbocycles. The quantitative estimate of drug-likeness (QED) is 0.826. The van der Waals surface area contributed by atoms with Crippen LogP contribution >= 0.6 is 0 Å². The molecule has 84 valence electrons. The van der Waals surface area contributed by atoms with Crippen molar-refractivity contribution in [3.05, 3.63) is 18.7 Å². The lowest BCUT2D eigenvalue weighted by Gasteiger charge is -2.14. The van der Waals surface area contributed by atoms with Crippen LogP contribution < -0.4 is 5.32 Å². The lowest BCUT2D eigenvalue weighted by molar-refractivity contribution is 0.238. The monoisotopic (exact) mass is 209 g/mol. The zero-order valence-electron chi connectivity index (χ0n) is 9.60. The van der Waals surface area contributed by atoms with Gasteiger partial charge in [0.05, 0.1) is 0 Å². The number of imidazole rings is 1. The van der Waals surface area contributed by atoms with Gasteiger partial charge in [0, 0.05) is 18.4 Å². The van der Waals surface area contributed by atoms with Crippen LogP contribution in [0, 0.1) is 5.92 Å². The second-order valence-corrected chi connectivity index (χ2v) is 4.29. The van der Waals surface area contributed by atoms with E-state index in [4.69, 9.17) is 0 Å². The molecule has 1 amide bonds. The zero-order valence-corrected chi connectivity index (χ0v) is 9.60. The number of aromatic nitrogens is 2. The van der Waals surface area contributed by atoms with Crippen LogP contribution in [0.2, 0.25) is 0 Å². The average molecular weight is 209 g/mol. The van der Waals surface area contributed by atoms with E-state index >= 15 is 0 Å². The number of nitrogens with one attached hydrogen (secondary N) is 1. The molecule has 0 saturated carbocycles. The van der Waals surface area contributed by atoms with Crippen LogP contribution in [-0.2, 0) is 0 Å². The minimum Gasteiger partial charge on any atom is -0.335 e. The molecule has 0 aliphatic rings. The van der Waals surface area contributed by atoms with Crippen molar-refractivity contribution in [3.8, 4) is 0 Å². The first-order chi connectivity index (χ1) is 7.09. The van der Waals surface area contributed by atoms with Gasteiger partial charge in [-0.05, 0) is 25.7 Å². The van der Waals surface area contributed by atoms with Crippen LogP contribution in [0.4, 0.5) is 4.79 Å². The Kier molecular flexibility index (Phi) is 4.34. The van der Waals surface area contributed by atoms with Crippen molar-refractivity contribution in [2.45, 2.75) is 39.7 Å². The lowest BCUT2D eigenvalue weighted by atomic mass is 10.0. The summed E-state index contributed by atoms with van der Waals surface area (Å²) < 4.78 is 1.45. The number of nitrogens with zero attached hydrogens (tertiary/aromatic N) is 2. The van der Waals surface area contributed by atoms with Gasteiger partial charge >= 0.3 is 6.03 Å². The number of amides is 1. The summed E-state index contributed by atoms with van der Waals surface area (Å²) >= 11 is 0. The largest absolute Gasteiger partial charge is 0.335 e. The SMILES string of the molecule is CC(C)CCC(C)NC(=O)n1ccnc1. The number of carbonyl (C=O) groups is 1. The van der Waals surface area contributed by atoms with E-state index in [1.165, 1.54) is 10.9 Å². The topological polar surface area (TPSA) is 46.9 Å². The van der Waals surface area contributed by atoms with E-state index in [0.29, 0.717) is 5.92 Å². The van der Waals surface area contributed by atoms with Crippen LogP contribution in [0.5, 0.6) is 0 Å². The second-order valence-electron chi connectivity index (χ2n) is 4.29. The highest BCUT2D eigenvalue weighted by molar-refractivity contribution is 5.76. The summed E-state index contributed by atoms with van der Waals surface area (Å²) in [4.78, 5) is 15.4. The Labute approximate surface area is 90.7 Å². The highest BCUT2D eigenvalue weighted by atomic mass is 16.2. The Morgan fingerprint density at radius 3 is 2.67 bits per heavy atom. The predicted molar refractivity (Wildman–Crippen MR) is 59.7 cm³/mol. The maximum atomic E-state index is 11.6.